The monoisotopic (exact) mass is 465 g/mol. The van der Waals surface area contributed by atoms with E-state index in [1.54, 1.807) is 65.6 Å². The van der Waals surface area contributed by atoms with Crippen molar-refractivity contribution in [3.8, 4) is 11.1 Å². The Labute approximate surface area is 193 Å². The Kier molecular flexibility index (Phi) is 7.15. The summed E-state index contributed by atoms with van der Waals surface area (Å²) in [5.41, 5.74) is 8.77. The minimum atomic E-state index is -3.87. The van der Waals surface area contributed by atoms with E-state index < -0.39 is 10.0 Å². The minimum absolute atomic E-state index is 0.0264. The van der Waals surface area contributed by atoms with Crippen LogP contribution in [0.15, 0.2) is 77.7 Å². The first kappa shape index (κ1) is 24.0. The number of sulfonamides is 1. The quantitative estimate of drug-likeness (QED) is 0.311. The van der Waals surface area contributed by atoms with E-state index in [2.05, 4.69) is 5.32 Å². The second-order valence-corrected chi connectivity index (χ2v) is 9.41. The molecule has 0 radical (unpaired) electrons. The number of rotatable bonds is 7. The highest BCUT2D eigenvalue weighted by Gasteiger charge is 2.19. The van der Waals surface area contributed by atoms with Gasteiger partial charge in [-0.1, -0.05) is 48.5 Å². The number of carbonyl (C=O) groups excluding carboxylic acids is 1. The summed E-state index contributed by atoms with van der Waals surface area (Å²) in [4.78, 5) is 14.7. The van der Waals surface area contributed by atoms with Crippen molar-refractivity contribution in [3.05, 3.63) is 83.9 Å². The highest BCUT2D eigenvalue weighted by Crippen LogP contribution is 2.27. The molecule has 0 aliphatic rings. The molecular formula is C24H27N5O3S. The largest absolute Gasteiger partial charge is 0.384 e. The van der Waals surface area contributed by atoms with Crippen molar-refractivity contribution in [2.75, 3.05) is 5.32 Å². The number of nitrogens with zero attached hydrogens (tertiary/aromatic N) is 1. The van der Waals surface area contributed by atoms with Crippen LogP contribution in [0.3, 0.4) is 0 Å². The molecule has 9 heteroatoms. The third-order valence-electron chi connectivity index (χ3n) is 5.12. The minimum Gasteiger partial charge on any atom is -0.384 e. The molecule has 33 heavy (non-hydrogen) atoms. The molecule has 6 N–H and O–H groups in total. The fraction of sp³-hybridized carbons (Fsp3) is 0.167. The molecule has 2 amide bonds. The average Bonchev–Trinajstić information content (AvgIpc) is 2.77. The highest BCUT2D eigenvalue weighted by atomic mass is 32.2. The second kappa shape index (κ2) is 9.85. The lowest BCUT2D eigenvalue weighted by molar-refractivity contribution is 0.193. The predicted octanol–water partition coefficient (Wildman–Crippen LogP) is 3.73. The van der Waals surface area contributed by atoms with Gasteiger partial charge in [-0.25, -0.2) is 18.4 Å². The molecule has 3 rings (SSSR count). The Morgan fingerprint density at radius 3 is 2.30 bits per heavy atom. The third-order valence-corrected chi connectivity index (χ3v) is 6.08. The van der Waals surface area contributed by atoms with E-state index in [0.717, 1.165) is 5.56 Å². The van der Waals surface area contributed by atoms with Gasteiger partial charge in [0.25, 0.3) is 0 Å². The molecule has 0 aliphatic heterocycles. The second-order valence-electron chi connectivity index (χ2n) is 7.88. The normalized spacial score (nSPS) is 11.3. The highest BCUT2D eigenvalue weighted by molar-refractivity contribution is 7.89. The molecule has 0 atom stereocenters. The number of amides is 2. The molecule has 3 aromatic rings. The Hall–Kier alpha value is -3.69. The van der Waals surface area contributed by atoms with E-state index in [4.69, 9.17) is 16.3 Å². The fourth-order valence-corrected chi connectivity index (χ4v) is 4.17. The van der Waals surface area contributed by atoms with Crippen LogP contribution < -0.4 is 16.2 Å². The van der Waals surface area contributed by atoms with Crippen LogP contribution in [0.25, 0.3) is 11.1 Å². The summed E-state index contributed by atoms with van der Waals surface area (Å²) in [6.07, 6.45) is 0. The van der Waals surface area contributed by atoms with Gasteiger partial charge in [-0.3, -0.25) is 5.41 Å². The van der Waals surface area contributed by atoms with Crippen molar-refractivity contribution in [3.63, 3.8) is 0 Å². The molecule has 8 nitrogen and oxygen atoms in total. The molecule has 0 bridgehead atoms. The Morgan fingerprint density at radius 1 is 1.03 bits per heavy atom. The van der Waals surface area contributed by atoms with Crippen molar-refractivity contribution in [2.24, 2.45) is 10.9 Å². The lowest BCUT2D eigenvalue weighted by Crippen LogP contribution is -2.39. The van der Waals surface area contributed by atoms with Gasteiger partial charge in [0.05, 0.1) is 4.90 Å². The molecule has 0 unspecified atom stereocenters. The van der Waals surface area contributed by atoms with E-state index in [9.17, 15) is 13.2 Å². The summed E-state index contributed by atoms with van der Waals surface area (Å²) in [6, 6.07) is 20.3. The van der Waals surface area contributed by atoms with Crippen LogP contribution in [0, 0.1) is 5.41 Å². The lowest BCUT2D eigenvalue weighted by Gasteiger charge is -2.27. The molecule has 0 saturated heterocycles. The summed E-state index contributed by atoms with van der Waals surface area (Å²) in [5, 5.41) is 15.8. The third kappa shape index (κ3) is 5.97. The standard InChI is InChI=1S/C24H27N5O3S/c1-16(2)29(15-17-6-5-7-19(14-17)23(25)26)24(30)28-20-12-10-18(11-13-20)21-8-3-4-9-22(21)33(27,31)32/h3-14,16H,15H2,1-2H3,(H3,25,26)(H,28,30)(H2,27,31,32). The van der Waals surface area contributed by atoms with Gasteiger partial charge >= 0.3 is 6.03 Å². The Balaban J connectivity index is 1.78. The topological polar surface area (TPSA) is 142 Å². The summed E-state index contributed by atoms with van der Waals surface area (Å²) < 4.78 is 23.8. The van der Waals surface area contributed by atoms with E-state index >= 15 is 0 Å². The summed E-state index contributed by atoms with van der Waals surface area (Å²) in [6.45, 7) is 4.19. The maximum Gasteiger partial charge on any atom is 0.322 e. The van der Waals surface area contributed by atoms with Crippen molar-refractivity contribution in [1.82, 2.24) is 4.90 Å². The molecule has 0 fully saturated rings. The fourth-order valence-electron chi connectivity index (χ4n) is 3.40. The Bertz CT molecular complexity index is 1270. The molecule has 0 aromatic heterocycles. The number of hydrogen-bond donors (Lipinski definition) is 4. The summed E-state index contributed by atoms with van der Waals surface area (Å²) in [5.74, 6) is -0.0264. The molecular weight excluding hydrogens is 438 g/mol. The van der Waals surface area contributed by atoms with E-state index in [-0.39, 0.29) is 22.8 Å². The van der Waals surface area contributed by atoms with Crippen LogP contribution in [-0.4, -0.2) is 31.2 Å². The molecule has 3 aromatic carbocycles. The molecule has 0 spiro atoms. The number of nitrogens with two attached hydrogens (primary N) is 2. The van der Waals surface area contributed by atoms with E-state index in [0.29, 0.717) is 28.9 Å². The molecule has 0 saturated carbocycles. The zero-order chi connectivity index (χ0) is 24.2. The van der Waals surface area contributed by atoms with Crippen molar-refractivity contribution in [2.45, 2.75) is 31.3 Å². The van der Waals surface area contributed by atoms with Crippen LogP contribution in [0.4, 0.5) is 10.5 Å². The lowest BCUT2D eigenvalue weighted by atomic mass is 10.1. The van der Waals surface area contributed by atoms with Gasteiger partial charge in [0, 0.05) is 29.4 Å². The number of benzene rings is 3. The van der Waals surface area contributed by atoms with Crippen molar-refractivity contribution in [1.29, 1.82) is 5.41 Å². The van der Waals surface area contributed by atoms with Gasteiger partial charge in [0.1, 0.15) is 5.84 Å². The van der Waals surface area contributed by atoms with Gasteiger partial charge in [0.2, 0.25) is 10.0 Å². The smallest absolute Gasteiger partial charge is 0.322 e. The molecule has 0 heterocycles. The number of hydrogen-bond acceptors (Lipinski definition) is 4. The first-order valence-electron chi connectivity index (χ1n) is 10.3. The van der Waals surface area contributed by atoms with Crippen molar-refractivity contribution >= 4 is 27.6 Å². The zero-order valence-electron chi connectivity index (χ0n) is 18.4. The predicted molar refractivity (Wildman–Crippen MR) is 130 cm³/mol. The number of amidine groups is 1. The number of nitrogens with one attached hydrogen (secondary N) is 2. The number of urea groups is 1. The number of primary sulfonamides is 1. The van der Waals surface area contributed by atoms with Crippen LogP contribution in [0.5, 0.6) is 0 Å². The van der Waals surface area contributed by atoms with E-state index in [1.807, 2.05) is 19.9 Å². The van der Waals surface area contributed by atoms with Crippen LogP contribution >= 0.6 is 0 Å². The van der Waals surface area contributed by atoms with Crippen molar-refractivity contribution < 1.29 is 13.2 Å². The number of anilines is 1. The molecule has 0 aliphatic carbocycles. The first-order chi connectivity index (χ1) is 15.6. The van der Waals surface area contributed by atoms with Gasteiger partial charge in [0.15, 0.2) is 0 Å². The molecule has 172 valence electrons. The average molecular weight is 466 g/mol. The van der Waals surface area contributed by atoms with Crippen LogP contribution in [0.2, 0.25) is 0 Å². The number of carbonyl (C=O) groups is 1. The van der Waals surface area contributed by atoms with E-state index in [1.165, 1.54) is 6.07 Å². The summed E-state index contributed by atoms with van der Waals surface area (Å²) >= 11 is 0. The number of nitrogen functional groups attached to an aromatic ring is 1. The van der Waals surface area contributed by atoms with Gasteiger partial charge in [-0.05, 0) is 49.2 Å². The van der Waals surface area contributed by atoms with Crippen LogP contribution in [0.1, 0.15) is 25.0 Å². The Morgan fingerprint density at radius 2 is 1.70 bits per heavy atom. The maximum atomic E-state index is 13.0. The van der Waals surface area contributed by atoms with Gasteiger partial charge < -0.3 is 16.0 Å². The van der Waals surface area contributed by atoms with Gasteiger partial charge in [-0.15, -0.1) is 0 Å². The zero-order valence-corrected chi connectivity index (χ0v) is 19.3. The maximum absolute atomic E-state index is 13.0. The van der Waals surface area contributed by atoms with Crippen LogP contribution in [-0.2, 0) is 16.6 Å². The van der Waals surface area contributed by atoms with Gasteiger partial charge in [-0.2, -0.15) is 0 Å². The first-order valence-corrected chi connectivity index (χ1v) is 11.8. The summed E-state index contributed by atoms with van der Waals surface area (Å²) in [7, 11) is -3.87. The SMILES string of the molecule is CC(C)N(Cc1cccc(C(=N)N)c1)C(=O)Nc1ccc(-c2ccccc2S(N)(=O)=O)cc1.